The first kappa shape index (κ1) is 14.0. The summed E-state index contributed by atoms with van der Waals surface area (Å²) >= 11 is 0. The van der Waals surface area contributed by atoms with E-state index in [1.54, 1.807) is 26.0 Å². The normalized spacial score (nSPS) is 10.2. The van der Waals surface area contributed by atoms with Crippen molar-refractivity contribution in [2.45, 2.75) is 19.8 Å². The summed E-state index contributed by atoms with van der Waals surface area (Å²) in [5.74, 6) is -2.54. The minimum atomic E-state index is -1.16. The molecule has 1 aromatic rings. The van der Waals surface area contributed by atoms with Crippen molar-refractivity contribution in [3.8, 4) is 5.75 Å². The molecule has 0 saturated heterocycles. The van der Waals surface area contributed by atoms with E-state index in [9.17, 15) is 14.7 Å². The first-order valence-corrected chi connectivity index (χ1v) is 5.72. The fraction of sp³-hybridized carbons (Fsp3) is 0.385. The highest BCUT2D eigenvalue weighted by Gasteiger charge is 2.31. The zero-order chi connectivity index (χ0) is 13.5. The van der Waals surface area contributed by atoms with Gasteiger partial charge in [0.25, 0.3) is 0 Å². The third-order valence-electron chi connectivity index (χ3n) is 2.25. The summed E-state index contributed by atoms with van der Waals surface area (Å²) < 4.78 is 9.69. The molecule has 0 amide bonds. The molecule has 0 spiro atoms. The molecular weight excluding hydrogens is 236 g/mol. The highest BCUT2D eigenvalue weighted by molar-refractivity contribution is 6.00. The number of ether oxygens (including phenoxy) is 2. The molecule has 18 heavy (non-hydrogen) atoms. The summed E-state index contributed by atoms with van der Waals surface area (Å²) in [6.07, 6.45) is 0. The molecule has 0 heterocycles. The lowest BCUT2D eigenvalue weighted by Crippen LogP contribution is -2.26. The summed E-state index contributed by atoms with van der Waals surface area (Å²) in [6, 6.07) is 5.92. The van der Waals surface area contributed by atoms with Crippen LogP contribution < -0.4 is 0 Å². The molecule has 0 aromatic heterocycles. The van der Waals surface area contributed by atoms with Crippen LogP contribution in [0.3, 0.4) is 0 Å². The average Bonchev–Trinajstić information content (AvgIpc) is 2.30. The lowest BCUT2D eigenvalue weighted by Gasteiger charge is -2.14. The second-order valence-corrected chi connectivity index (χ2v) is 3.53. The van der Waals surface area contributed by atoms with Crippen molar-refractivity contribution in [1.29, 1.82) is 0 Å². The molecule has 0 aliphatic carbocycles. The van der Waals surface area contributed by atoms with Gasteiger partial charge in [0.2, 0.25) is 0 Å². The number of carbonyl (C=O) groups is 2. The molecular formula is C13H16O5. The maximum absolute atomic E-state index is 11.8. The zero-order valence-corrected chi connectivity index (χ0v) is 10.4. The minimum absolute atomic E-state index is 0.0221. The van der Waals surface area contributed by atoms with Gasteiger partial charge in [0.15, 0.2) is 5.92 Å². The number of hydrogen-bond acceptors (Lipinski definition) is 5. The lowest BCUT2D eigenvalue weighted by molar-refractivity contribution is -0.156. The molecule has 0 aliphatic heterocycles. The topological polar surface area (TPSA) is 72.8 Å². The number of phenols is 1. The van der Waals surface area contributed by atoms with Gasteiger partial charge in [-0.25, -0.2) is 0 Å². The third-order valence-corrected chi connectivity index (χ3v) is 2.25. The quantitative estimate of drug-likeness (QED) is 0.636. The van der Waals surface area contributed by atoms with Crippen LogP contribution >= 0.6 is 0 Å². The van der Waals surface area contributed by atoms with Gasteiger partial charge in [0.1, 0.15) is 5.75 Å². The molecule has 0 radical (unpaired) electrons. The van der Waals surface area contributed by atoms with Crippen LogP contribution in [0.1, 0.15) is 25.3 Å². The lowest BCUT2D eigenvalue weighted by atomic mass is 9.99. The van der Waals surface area contributed by atoms with Crippen molar-refractivity contribution in [1.82, 2.24) is 0 Å². The third kappa shape index (κ3) is 3.48. The van der Waals surface area contributed by atoms with Gasteiger partial charge < -0.3 is 14.6 Å². The molecule has 0 atom stereocenters. The van der Waals surface area contributed by atoms with Crippen molar-refractivity contribution in [2.75, 3.05) is 13.2 Å². The van der Waals surface area contributed by atoms with Crippen LogP contribution in [0.15, 0.2) is 24.3 Å². The highest BCUT2D eigenvalue weighted by atomic mass is 16.6. The molecule has 0 unspecified atom stereocenters. The Morgan fingerprint density at radius 1 is 1.17 bits per heavy atom. The SMILES string of the molecule is CCOC(=O)C(C(=O)OCC)c1cccc(O)c1. The van der Waals surface area contributed by atoms with Crippen molar-refractivity contribution < 1.29 is 24.2 Å². The van der Waals surface area contributed by atoms with E-state index in [1.807, 2.05) is 0 Å². The maximum atomic E-state index is 11.8. The van der Waals surface area contributed by atoms with Gasteiger partial charge in [-0.2, -0.15) is 0 Å². The summed E-state index contributed by atoms with van der Waals surface area (Å²) in [5.41, 5.74) is 0.354. The predicted molar refractivity (Wildman–Crippen MR) is 64.1 cm³/mol. The van der Waals surface area contributed by atoms with E-state index in [-0.39, 0.29) is 19.0 Å². The summed E-state index contributed by atoms with van der Waals surface area (Å²) in [7, 11) is 0. The second-order valence-electron chi connectivity index (χ2n) is 3.53. The number of benzene rings is 1. The molecule has 5 nitrogen and oxygen atoms in total. The molecule has 0 saturated carbocycles. The van der Waals surface area contributed by atoms with E-state index in [1.165, 1.54) is 12.1 Å². The Morgan fingerprint density at radius 3 is 2.17 bits per heavy atom. The molecule has 0 bridgehead atoms. The van der Waals surface area contributed by atoms with Crippen LogP contribution in [-0.4, -0.2) is 30.3 Å². The van der Waals surface area contributed by atoms with Gasteiger partial charge in [-0.05, 0) is 31.5 Å². The average molecular weight is 252 g/mol. The molecule has 1 aromatic carbocycles. The molecule has 1 rings (SSSR count). The van der Waals surface area contributed by atoms with Crippen LogP contribution in [0.2, 0.25) is 0 Å². The molecule has 0 fully saturated rings. The van der Waals surface area contributed by atoms with Crippen LogP contribution in [0.25, 0.3) is 0 Å². The van der Waals surface area contributed by atoms with Crippen molar-refractivity contribution in [3.63, 3.8) is 0 Å². The Morgan fingerprint density at radius 2 is 1.72 bits per heavy atom. The number of carbonyl (C=O) groups excluding carboxylic acids is 2. The number of phenolic OH excluding ortho intramolecular Hbond substituents is 1. The Bertz CT molecular complexity index is 409. The van der Waals surface area contributed by atoms with Gasteiger partial charge in [0, 0.05) is 0 Å². The van der Waals surface area contributed by atoms with Crippen LogP contribution in [0.5, 0.6) is 5.75 Å². The first-order chi connectivity index (χ1) is 8.60. The van der Waals surface area contributed by atoms with Gasteiger partial charge in [-0.3, -0.25) is 9.59 Å². The second kappa shape index (κ2) is 6.64. The van der Waals surface area contributed by atoms with Gasteiger partial charge in [-0.15, -0.1) is 0 Å². The van der Waals surface area contributed by atoms with E-state index >= 15 is 0 Å². The molecule has 98 valence electrons. The van der Waals surface area contributed by atoms with E-state index in [0.717, 1.165) is 0 Å². The van der Waals surface area contributed by atoms with E-state index in [0.29, 0.717) is 5.56 Å². The first-order valence-electron chi connectivity index (χ1n) is 5.72. The van der Waals surface area contributed by atoms with Crippen molar-refractivity contribution in [2.24, 2.45) is 0 Å². The fourth-order valence-electron chi connectivity index (χ4n) is 1.52. The summed E-state index contributed by atoms with van der Waals surface area (Å²) in [6.45, 7) is 3.66. The molecule has 1 N–H and O–H groups in total. The van der Waals surface area contributed by atoms with Gasteiger partial charge in [0.05, 0.1) is 13.2 Å². The van der Waals surface area contributed by atoms with Crippen LogP contribution in [-0.2, 0) is 19.1 Å². The number of rotatable bonds is 5. The smallest absolute Gasteiger partial charge is 0.324 e. The number of aromatic hydroxyl groups is 1. The summed E-state index contributed by atoms with van der Waals surface area (Å²) in [5, 5.41) is 9.38. The van der Waals surface area contributed by atoms with Crippen molar-refractivity contribution in [3.05, 3.63) is 29.8 Å². The van der Waals surface area contributed by atoms with E-state index < -0.39 is 17.9 Å². The monoisotopic (exact) mass is 252 g/mol. The molecule has 0 aliphatic rings. The Labute approximate surface area is 105 Å². The van der Waals surface area contributed by atoms with Crippen molar-refractivity contribution >= 4 is 11.9 Å². The van der Waals surface area contributed by atoms with E-state index in [2.05, 4.69) is 0 Å². The zero-order valence-electron chi connectivity index (χ0n) is 10.4. The Kier molecular flexibility index (Phi) is 5.17. The fourth-order valence-corrected chi connectivity index (χ4v) is 1.52. The van der Waals surface area contributed by atoms with Gasteiger partial charge in [-0.1, -0.05) is 12.1 Å². The Balaban J connectivity index is 3.03. The number of esters is 2. The summed E-state index contributed by atoms with van der Waals surface area (Å²) in [4.78, 5) is 23.5. The van der Waals surface area contributed by atoms with Gasteiger partial charge >= 0.3 is 11.9 Å². The van der Waals surface area contributed by atoms with Crippen LogP contribution in [0, 0.1) is 0 Å². The number of hydrogen-bond donors (Lipinski definition) is 1. The predicted octanol–water partition coefficient (Wildman–Crippen LogP) is 1.60. The molecule has 5 heteroatoms. The highest BCUT2D eigenvalue weighted by Crippen LogP contribution is 2.23. The van der Waals surface area contributed by atoms with E-state index in [4.69, 9.17) is 9.47 Å². The van der Waals surface area contributed by atoms with Crippen LogP contribution in [0.4, 0.5) is 0 Å². The maximum Gasteiger partial charge on any atom is 0.324 e. The standard InChI is InChI=1S/C13H16O5/c1-3-17-12(15)11(13(16)18-4-2)9-6-5-7-10(14)8-9/h5-8,11,14H,3-4H2,1-2H3. The Hall–Kier alpha value is -2.04. The minimum Gasteiger partial charge on any atom is -0.508 e. The largest absolute Gasteiger partial charge is 0.508 e.